The summed E-state index contributed by atoms with van der Waals surface area (Å²) >= 11 is 0. The van der Waals surface area contributed by atoms with Gasteiger partial charge in [-0.05, 0) is 12.0 Å². The molecule has 0 radical (unpaired) electrons. The highest BCUT2D eigenvalue weighted by Gasteiger charge is 2.19. The minimum atomic E-state index is -0.869. The Morgan fingerprint density at radius 2 is 1.88 bits per heavy atom. The number of nitrogen functional groups attached to an aromatic ring is 1. The number of benzene rings is 1. The van der Waals surface area contributed by atoms with Crippen molar-refractivity contribution in [1.29, 1.82) is 0 Å². The van der Waals surface area contributed by atoms with Gasteiger partial charge in [0.1, 0.15) is 11.5 Å². The second-order valence-electron chi connectivity index (χ2n) is 4.37. The third-order valence-corrected chi connectivity index (χ3v) is 2.75. The molecule has 3 nitrogen and oxygen atoms in total. The van der Waals surface area contributed by atoms with Gasteiger partial charge in [0, 0.05) is 12.0 Å². The number of rotatable bonds is 3. The maximum absolute atomic E-state index is 13.4. The molecule has 1 rings (SSSR count). The van der Waals surface area contributed by atoms with E-state index in [1.165, 1.54) is 0 Å². The molecule has 0 bridgehead atoms. The second-order valence-corrected chi connectivity index (χ2v) is 4.37. The van der Waals surface area contributed by atoms with Gasteiger partial charge in [0.25, 0.3) is 0 Å². The van der Waals surface area contributed by atoms with E-state index in [1.807, 2.05) is 13.8 Å². The summed E-state index contributed by atoms with van der Waals surface area (Å²) in [5, 5.41) is 2.38. The van der Waals surface area contributed by atoms with E-state index in [9.17, 15) is 13.6 Å². The van der Waals surface area contributed by atoms with Crippen LogP contribution in [0.3, 0.4) is 0 Å². The van der Waals surface area contributed by atoms with Crippen LogP contribution >= 0.6 is 0 Å². The summed E-state index contributed by atoms with van der Waals surface area (Å²) in [5.74, 6) is -2.13. The molecule has 0 aliphatic carbocycles. The topological polar surface area (TPSA) is 55.1 Å². The number of anilines is 2. The van der Waals surface area contributed by atoms with E-state index in [0.29, 0.717) is 6.07 Å². The zero-order valence-electron chi connectivity index (χ0n) is 10.1. The predicted octanol–water partition coefficient (Wildman–Crippen LogP) is 2.78. The Labute approximate surface area is 99.0 Å². The van der Waals surface area contributed by atoms with Crippen LogP contribution in [0.4, 0.5) is 20.2 Å². The number of hydrogen-bond donors (Lipinski definition) is 2. The third kappa shape index (κ3) is 3.15. The minimum absolute atomic E-state index is 0.119. The quantitative estimate of drug-likeness (QED) is 0.801. The van der Waals surface area contributed by atoms with Crippen molar-refractivity contribution in [2.45, 2.75) is 20.8 Å². The lowest BCUT2D eigenvalue weighted by Gasteiger charge is -2.16. The van der Waals surface area contributed by atoms with Gasteiger partial charge in [-0.15, -0.1) is 0 Å². The summed E-state index contributed by atoms with van der Waals surface area (Å²) in [4.78, 5) is 11.7. The zero-order valence-corrected chi connectivity index (χ0v) is 10.1. The van der Waals surface area contributed by atoms with E-state index in [4.69, 9.17) is 5.73 Å². The fraction of sp³-hybridized carbons (Fsp3) is 0.417. The molecule has 0 aliphatic rings. The van der Waals surface area contributed by atoms with Crippen LogP contribution < -0.4 is 11.1 Å². The van der Waals surface area contributed by atoms with Crippen molar-refractivity contribution in [3.63, 3.8) is 0 Å². The maximum Gasteiger partial charge on any atom is 0.227 e. The number of nitrogens with two attached hydrogens (primary N) is 1. The standard InChI is InChI=1S/C12H16F2N2O/c1-6(2)7(3)12(17)16-11-9(14)4-8(13)5-10(11)15/h4-7H,15H2,1-3H3,(H,16,17). The van der Waals surface area contributed by atoms with Gasteiger partial charge in [-0.2, -0.15) is 0 Å². The predicted molar refractivity (Wildman–Crippen MR) is 63.4 cm³/mol. The summed E-state index contributed by atoms with van der Waals surface area (Å²) in [6.45, 7) is 5.50. The van der Waals surface area contributed by atoms with E-state index in [0.717, 1.165) is 6.07 Å². The van der Waals surface area contributed by atoms with Crippen LogP contribution in [0.2, 0.25) is 0 Å². The van der Waals surface area contributed by atoms with Gasteiger partial charge in [-0.25, -0.2) is 8.78 Å². The molecule has 1 aromatic carbocycles. The molecule has 0 saturated carbocycles. The largest absolute Gasteiger partial charge is 0.397 e. The molecule has 0 heterocycles. The lowest BCUT2D eigenvalue weighted by molar-refractivity contribution is -0.120. The Morgan fingerprint density at radius 1 is 1.29 bits per heavy atom. The molecular weight excluding hydrogens is 226 g/mol. The summed E-state index contributed by atoms with van der Waals surface area (Å²) in [5.41, 5.74) is 5.17. The van der Waals surface area contributed by atoms with E-state index < -0.39 is 11.6 Å². The van der Waals surface area contributed by atoms with Crippen LogP contribution in [0.25, 0.3) is 0 Å². The van der Waals surface area contributed by atoms with Crippen molar-refractivity contribution in [2.75, 3.05) is 11.1 Å². The average Bonchev–Trinajstić information content (AvgIpc) is 2.21. The fourth-order valence-corrected chi connectivity index (χ4v) is 1.27. The molecule has 1 unspecified atom stereocenters. The van der Waals surface area contributed by atoms with Gasteiger partial charge >= 0.3 is 0 Å². The van der Waals surface area contributed by atoms with Gasteiger partial charge < -0.3 is 11.1 Å². The normalized spacial score (nSPS) is 12.6. The lowest BCUT2D eigenvalue weighted by Crippen LogP contribution is -2.25. The Kier molecular flexibility index (Phi) is 4.04. The summed E-state index contributed by atoms with van der Waals surface area (Å²) in [7, 11) is 0. The van der Waals surface area contributed by atoms with Crippen molar-refractivity contribution < 1.29 is 13.6 Å². The van der Waals surface area contributed by atoms with Gasteiger partial charge in [0.2, 0.25) is 5.91 Å². The molecule has 0 aliphatic heterocycles. The van der Waals surface area contributed by atoms with E-state index >= 15 is 0 Å². The highest BCUT2D eigenvalue weighted by molar-refractivity contribution is 5.95. The first-order chi connectivity index (χ1) is 7.82. The van der Waals surface area contributed by atoms with Gasteiger partial charge in [-0.1, -0.05) is 20.8 Å². The van der Waals surface area contributed by atoms with Crippen molar-refractivity contribution in [3.05, 3.63) is 23.8 Å². The number of halogens is 2. The van der Waals surface area contributed by atoms with Crippen LogP contribution in [-0.2, 0) is 4.79 Å². The number of carbonyl (C=O) groups is 1. The summed E-state index contributed by atoms with van der Waals surface area (Å²) < 4.78 is 26.2. The fourth-order valence-electron chi connectivity index (χ4n) is 1.27. The van der Waals surface area contributed by atoms with E-state index in [1.54, 1.807) is 6.92 Å². The van der Waals surface area contributed by atoms with Crippen molar-refractivity contribution >= 4 is 17.3 Å². The lowest BCUT2D eigenvalue weighted by atomic mass is 9.97. The average molecular weight is 242 g/mol. The first-order valence-corrected chi connectivity index (χ1v) is 5.38. The van der Waals surface area contributed by atoms with Crippen LogP contribution in [0.15, 0.2) is 12.1 Å². The number of nitrogens with one attached hydrogen (secondary N) is 1. The minimum Gasteiger partial charge on any atom is -0.397 e. The van der Waals surface area contributed by atoms with Crippen LogP contribution in [0, 0.1) is 23.5 Å². The molecule has 1 amide bonds. The smallest absolute Gasteiger partial charge is 0.227 e. The Hall–Kier alpha value is -1.65. The SMILES string of the molecule is CC(C)C(C)C(=O)Nc1c(N)cc(F)cc1F. The molecule has 94 valence electrons. The van der Waals surface area contributed by atoms with Crippen molar-refractivity contribution in [1.82, 2.24) is 0 Å². The summed E-state index contributed by atoms with van der Waals surface area (Å²) in [6, 6.07) is 1.66. The number of hydrogen-bond acceptors (Lipinski definition) is 2. The Balaban J connectivity index is 2.93. The monoisotopic (exact) mass is 242 g/mol. The van der Waals surface area contributed by atoms with Crippen LogP contribution in [-0.4, -0.2) is 5.91 Å². The first kappa shape index (κ1) is 13.4. The molecule has 1 aromatic rings. The molecule has 0 fully saturated rings. The Morgan fingerprint density at radius 3 is 2.35 bits per heavy atom. The molecule has 17 heavy (non-hydrogen) atoms. The first-order valence-electron chi connectivity index (χ1n) is 5.38. The third-order valence-electron chi connectivity index (χ3n) is 2.75. The number of amides is 1. The number of carbonyl (C=O) groups excluding carboxylic acids is 1. The molecule has 0 spiro atoms. The molecular formula is C12H16F2N2O. The highest BCUT2D eigenvalue weighted by atomic mass is 19.1. The summed E-state index contributed by atoms with van der Waals surface area (Å²) in [6.07, 6.45) is 0. The van der Waals surface area contributed by atoms with Crippen LogP contribution in [0.5, 0.6) is 0 Å². The molecule has 5 heteroatoms. The van der Waals surface area contributed by atoms with Crippen molar-refractivity contribution in [3.8, 4) is 0 Å². The van der Waals surface area contributed by atoms with Gasteiger partial charge in [-0.3, -0.25) is 4.79 Å². The molecule has 3 N–H and O–H groups in total. The second kappa shape index (κ2) is 5.12. The maximum atomic E-state index is 13.4. The molecule has 0 aromatic heterocycles. The van der Waals surface area contributed by atoms with Crippen LogP contribution in [0.1, 0.15) is 20.8 Å². The Bertz CT molecular complexity index is 410. The van der Waals surface area contributed by atoms with Gasteiger partial charge in [0.05, 0.1) is 5.69 Å². The van der Waals surface area contributed by atoms with E-state index in [2.05, 4.69) is 5.32 Å². The molecule has 1 atom stereocenters. The van der Waals surface area contributed by atoms with E-state index in [-0.39, 0.29) is 29.1 Å². The van der Waals surface area contributed by atoms with Crippen molar-refractivity contribution in [2.24, 2.45) is 11.8 Å². The molecule has 0 saturated heterocycles. The van der Waals surface area contributed by atoms with Gasteiger partial charge in [0.15, 0.2) is 5.82 Å². The zero-order chi connectivity index (χ0) is 13.2. The highest BCUT2D eigenvalue weighted by Crippen LogP contribution is 2.25.